The zero-order chi connectivity index (χ0) is 19.3. The molecular formula is C21H18FN3O2S. The van der Waals surface area contributed by atoms with Crippen molar-refractivity contribution in [1.82, 2.24) is 15.0 Å². The van der Waals surface area contributed by atoms with Gasteiger partial charge in [-0.3, -0.25) is 4.79 Å². The molecule has 0 spiro atoms. The van der Waals surface area contributed by atoms with Crippen LogP contribution >= 0.6 is 11.8 Å². The van der Waals surface area contributed by atoms with Crippen LogP contribution in [0, 0.1) is 5.82 Å². The van der Waals surface area contributed by atoms with E-state index in [2.05, 4.69) is 10.1 Å². The average Bonchev–Trinajstić information content (AvgIpc) is 3.37. The van der Waals surface area contributed by atoms with Gasteiger partial charge < -0.3 is 9.42 Å². The molecule has 0 bridgehead atoms. The summed E-state index contributed by atoms with van der Waals surface area (Å²) in [6.07, 6.45) is 2.83. The van der Waals surface area contributed by atoms with Gasteiger partial charge in [-0.1, -0.05) is 47.6 Å². The lowest BCUT2D eigenvalue weighted by Crippen LogP contribution is -2.26. The van der Waals surface area contributed by atoms with Gasteiger partial charge in [0.15, 0.2) is 0 Å². The Labute approximate surface area is 166 Å². The number of halogens is 1. The van der Waals surface area contributed by atoms with Crippen LogP contribution in [0.3, 0.4) is 0 Å². The van der Waals surface area contributed by atoms with E-state index in [1.165, 1.54) is 6.07 Å². The van der Waals surface area contributed by atoms with Crippen LogP contribution in [0.4, 0.5) is 4.39 Å². The van der Waals surface area contributed by atoms with E-state index < -0.39 is 5.82 Å². The number of hydrogen-bond acceptors (Lipinski definition) is 5. The Balaban J connectivity index is 1.46. The van der Waals surface area contributed by atoms with Crippen LogP contribution in [0.5, 0.6) is 0 Å². The molecule has 1 aliphatic rings. The first-order valence-corrected chi connectivity index (χ1v) is 9.96. The molecule has 7 heteroatoms. The molecule has 2 heterocycles. The topological polar surface area (TPSA) is 59.2 Å². The summed E-state index contributed by atoms with van der Waals surface area (Å²) in [6.45, 7) is 0.651. The van der Waals surface area contributed by atoms with Gasteiger partial charge in [-0.25, -0.2) is 4.39 Å². The lowest BCUT2D eigenvalue weighted by atomic mass is 10.1. The zero-order valence-corrected chi connectivity index (χ0v) is 15.9. The van der Waals surface area contributed by atoms with E-state index in [-0.39, 0.29) is 23.2 Å². The molecule has 0 atom stereocenters. The van der Waals surface area contributed by atoms with Crippen molar-refractivity contribution in [2.24, 2.45) is 0 Å². The molecule has 4 rings (SSSR count). The number of aromatic nitrogens is 2. The standard InChI is InChI=1S/C21H18FN3O2S/c22-17-9-5-4-8-16(17)21-23-18(27-24-21)14-20-25(12-13-28-20)19(26)11-10-15-6-2-1-3-7-15/h1-9,14H,10-13H2/b20-14+. The van der Waals surface area contributed by atoms with Gasteiger partial charge in [0.2, 0.25) is 11.7 Å². The number of carbonyl (C=O) groups excluding carboxylic acids is 1. The summed E-state index contributed by atoms with van der Waals surface area (Å²) in [7, 11) is 0. The molecule has 0 saturated carbocycles. The summed E-state index contributed by atoms with van der Waals surface area (Å²) >= 11 is 1.57. The molecule has 0 aliphatic carbocycles. The molecule has 1 amide bonds. The SMILES string of the molecule is O=C(CCc1ccccc1)N1CCS/C1=C/c1nc(-c2ccccc2F)no1. The maximum Gasteiger partial charge on any atom is 0.253 e. The maximum atomic E-state index is 13.9. The maximum absolute atomic E-state index is 13.9. The molecular weight excluding hydrogens is 377 g/mol. The molecule has 0 radical (unpaired) electrons. The van der Waals surface area contributed by atoms with Crippen molar-refractivity contribution in [3.8, 4) is 11.4 Å². The fourth-order valence-corrected chi connectivity index (χ4v) is 4.00. The van der Waals surface area contributed by atoms with Gasteiger partial charge in [-0.15, -0.1) is 11.8 Å². The molecule has 5 nitrogen and oxygen atoms in total. The lowest BCUT2D eigenvalue weighted by Gasteiger charge is -2.16. The van der Waals surface area contributed by atoms with Crippen molar-refractivity contribution in [2.75, 3.05) is 12.3 Å². The molecule has 1 saturated heterocycles. The van der Waals surface area contributed by atoms with Crippen LogP contribution in [-0.2, 0) is 11.2 Å². The number of aryl methyl sites for hydroxylation is 1. The van der Waals surface area contributed by atoms with E-state index in [1.807, 2.05) is 30.3 Å². The first-order valence-electron chi connectivity index (χ1n) is 8.98. The molecule has 142 valence electrons. The third-order valence-corrected chi connectivity index (χ3v) is 5.43. The normalized spacial score (nSPS) is 15.3. The Bertz CT molecular complexity index is 1000. The van der Waals surface area contributed by atoms with Crippen molar-refractivity contribution < 1.29 is 13.7 Å². The van der Waals surface area contributed by atoms with Gasteiger partial charge in [-0.2, -0.15) is 4.98 Å². The molecule has 1 fully saturated rings. The smallest absolute Gasteiger partial charge is 0.253 e. The Morgan fingerprint density at radius 2 is 1.96 bits per heavy atom. The Hall–Kier alpha value is -2.93. The van der Waals surface area contributed by atoms with Crippen LogP contribution in [-0.4, -0.2) is 33.2 Å². The highest BCUT2D eigenvalue weighted by molar-refractivity contribution is 8.03. The van der Waals surface area contributed by atoms with E-state index in [1.54, 1.807) is 40.9 Å². The van der Waals surface area contributed by atoms with E-state index in [9.17, 15) is 9.18 Å². The summed E-state index contributed by atoms with van der Waals surface area (Å²) < 4.78 is 19.1. The van der Waals surface area contributed by atoms with Crippen LogP contribution < -0.4 is 0 Å². The summed E-state index contributed by atoms with van der Waals surface area (Å²) in [5.74, 6) is 0.917. The van der Waals surface area contributed by atoms with Crippen molar-refractivity contribution >= 4 is 23.7 Å². The Kier molecular flexibility index (Phi) is 5.53. The lowest BCUT2D eigenvalue weighted by molar-refractivity contribution is -0.128. The van der Waals surface area contributed by atoms with Crippen LogP contribution in [0.2, 0.25) is 0 Å². The first kappa shape index (κ1) is 18.4. The molecule has 1 aliphatic heterocycles. The van der Waals surface area contributed by atoms with Gasteiger partial charge in [-0.05, 0) is 24.1 Å². The predicted octanol–water partition coefficient (Wildman–Crippen LogP) is 4.38. The fourth-order valence-electron chi connectivity index (χ4n) is 2.98. The quantitative estimate of drug-likeness (QED) is 0.642. The van der Waals surface area contributed by atoms with Crippen molar-refractivity contribution in [2.45, 2.75) is 12.8 Å². The highest BCUT2D eigenvalue weighted by Crippen LogP contribution is 2.31. The second kappa shape index (κ2) is 8.39. The summed E-state index contributed by atoms with van der Waals surface area (Å²) in [5, 5.41) is 4.63. The second-order valence-corrected chi connectivity index (χ2v) is 7.41. The van der Waals surface area contributed by atoms with Crippen molar-refractivity contribution in [1.29, 1.82) is 0 Å². The van der Waals surface area contributed by atoms with Crippen molar-refractivity contribution in [3.63, 3.8) is 0 Å². The monoisotopic (exact) mass is 395 g/mol. The summed E-state index contributed by atoms with van der Waals surface area (Å²) in [4.78, 5) is 18.6. The fraction of sp³-hybridized carbons (Fsp3) is 0.190. The summed E-state index contributed by atoms with van der Waals surface area (Å²) in [5.41, 5.74) is 1.42. The second-order valence-electron chi connectivity index (χ2n) is 6.30. The van der Waals surface area contributed by atoms with Crippen molar-refractivity contribution in [3.05, 3.63) is 76.9 Å². The van der Waals surface area contributed by atoms with Crippen LogP contribution in [0.15, 0.2) is 64.1 Å². The largest absolute Gasteiger partial charge is 0.334 e. The predicted molar refractivity (Wildman–Crippen MR) is 107 cm³/mol. The highest BCUT2D eigenvalue weighted by atomic mass is 32.2. The first-order chi connectivity index (χ1) is 13.7. The number of benzene rings is 2. The Morgan fingerprint density at radius 3 is 2.79 bits per heavy atom. The van der Waals surface area contributed by atoms with Gasteiger partial charge in [0, 0.05) is 24.8 Å². The minimum absolute atomic E-state index is 0.0638. The van der Waals surface area contributed by atoms with Gasteiger partial charge >= 0.3 is 0 Å². The third-order valence-electron chi connectivity index (χ3n) is 4.41. The van der Waals surface area contributed by atoms with Crippen LogP contribution in [0.1, 0.15) is 17.9 Å². The molecule has 0 N–H and O–H groups in total. The minimum atomic E-state index is -0.407. The molecule has 0 unspecified atom stereocenters. The number of amides is 1. The van der Waals surface area contributed by atoms with E-state index >= 15 is 0 Å². The van der Waals surface area contributed by atoms with E-state index in [0.717, 1.165) is 16.3 Å². The van der Waals surface area contributed by atoms with Gasteiger partial charge in [0.05, 0.1) is 10.6 Å². The summed E-state index contributed by atoms with van der Waals surface area (Å²) in [6, 6.07) is 16.2. The Morgan fingerprint density at radius 1 is 1.18 bits per heavy atom. The van der Waals surface area contributed by atoms with Crippen LogP contribution in [0.25, 0.3) is 17.5 Å². The number of thioether (sulfide) groups is 1. The highest BCUT2D eigenvalue weighted by Gasteiger charge is 2.25. The average molecular weight is 395 g/mol. The van der Waals surface area contributed by atoms with Gasteiger partial charge in [0.1, 0.15) is 5.82 Å². The number of hydrogen-bond donors (Lipinski definition) is 0. The molecule has 28 heavy (non-hydrogen) atoms. The molecule has 2 aromatic carbocycles. The third kappa shape index (κ3) is 4.14. The zero-order valence-electron chi connectivity index (χ0n) is 15.0. The minimum Gasteiger partial charge on any atom is -0.334 e. The number of carbonyl (C=O) groups is 1. The number of rotatable bonds is 5. The van der Waals surface area contributed by atoms with E-state index in [4.69, 9.17) is 4.52 Å². The molecule has 1 aromatic heterocycles. The molecule has 3 aromatic rings. The number of nitrogens with zero attached hydrogens (tertiary/aromatic N) is 3. The van der Waals surface area contributed by atoms with Gasteiger partial charge in [0.25, 0.3) is 5.89 Å². The van der Waals surface area contributed by atoms with E-state index in [0.29, 0.717) is 19.4 Å².